The molecule has 0 unspecified atom stereocenters. The van der Waals surface area contributed by atoms with Gasteiger partial charge >= 0.3 is 0 Å². The molecule has 3 aliphatic rings. The third-order valence-electron chi connectivity index (χ3n) is 7.49. The van der Waals surface area contributed by atoms with E-state index in [1.807, 2.05) is 35.8 Å². The first-order valence-corrected chi connectivity index (χ1v) is 12.3. The van der Waals surface area contributed by atoms with E-state index in [1.54, 1.807) is 4.90 Å². The quantitative estimate of drug-likeness (QED) is 0.790. The summed E-state index contributed by atoms with van der Waals surface area (Å²) in [5, 5.41) is 3.34. The Morgan fingerprint density at radius 3 is 2.62 bits per heavy atom. The minimum absolute atomic E-state index is 0.0246. The Balaban J connectivity index is 1.47. The maximum atomic E-state index is 13.8. The Morgan fingerprint density at radius 1 is 1.12 bits per heavy atom. The lowest BCUT2D eigenvalue weighted by Gasteiger charge is -2.45. The molecule has 7 nitrogen and oxygen atoms in total. The second kappa shape index (κ2) is 8.85. The summed E-state index contributed by atoms with van der Waals surface area (Å²) >= 11 is 0. The van der Waals surface area contributed by atoms with Gasteiger partial charge in [-0.15, -0.1) is 0 Å². The Hall–Kier alpha value is -2.41. The topological polar surface area (TPSA) is 76.5 Å². The van der Waals surface area contributed by atoms with Gasteiger partial charge in [-0.2, -0.15) is 0 Å². The van der Waals surface area contributed by atoms with E-state index in [2.05, 4.69) is 10.3 Å². The molecule has 7 heteroatoms. The van der Waals surface area contributed by atoms with Crippen molar-refractivity contribution in [1.82, 2.24) is 19.8 Å². The van der Waals surface area contributed by atoms with Gasteiger partial charge in [0.05, 0.1) is 23.7 Å². The number of rotatable bonds is 4. The minimum atomic E-state index is -0.984. The number of hydrogen-bond acceptors (Lipinski definition) is 4. The highest BCUT2D eigenvalue weighted by atomic mass is 16.5. The smallest absolute Gasteiger partial charge is 0.290 e. The van der Waals surface area contributed by atoms with Crippen LogP contribution in [0.1, 0.15) is 75.3 Å². The van der Waals surface area contributed by atoms with Crippen molar-refractivity contribution in [3.8, 4) is 0 Å². The zero-order valence-corrected chi connectivity index (χ0v) is 19.0. The molecule has 2 atom stereocenters. The van der Waals surface area contributed by atoms with Crippen molar-refractivity contribution in [3.63, 3.8) is 0 Å². The van der Waals surface area contributed by atoms with Gasteiger partial charge in [-0.25, -0.2) is 4.98 Å². The van der Waals surface area contributed by atoms with Gasteiger partial charge in [0.2, 0.25) is 5.91 Å². The van der Waals surface area contributed by atoms with Crippen molar-refractivity contribution < 1.29 is 14.3 Å². The number of para-hydroxylation sites is 2. The zero-order valence-electron chi connectivity index (χ0n) is 19.0. The SMILES string of the molecule is C[C@@]1(C(=O)NC2CCCCCCC2)Cn2c(nc3ccccc32)C(=O)N1C[C@@H]1CCCO1. The Labute approximate surface area is 189 Å². The van der Waals surface area contributed by atoms with Crippen molar-refractivity contribution in [2.45, 2.75) is 88.9 Å². The fourth-order valence-electron chi connectivity index (χ4n) is 5.55. The molecule has 0 bridgehead atoms. The lowest BCUT2D eigenvalue weighted by atomic mass is 9.92. The summed E-state index contributed by atoms with van der Waals surface area (Å²) in [6, 6.07) is 7.95. The van der Waals surface area contributed by atoms with Crippen molar-refractivity contribution in [2.75, 3.05) is 13.2 Å². The van der Waals surface area contributed by atoms with Crippen LogP contribution >= 0.6 is 0 Å². The molecule has 1 saturated carbocycles. The number of amides is 2. The van der Waals surface area contributed by atoms with Gasteiger partial charge in [0, 0.05) is 19.2 Å². The number of hydrogen-bond donors (Lipinski definition) is 1. The van der Waals surface area contributed by atoms with Gasteiger partial charge in [0.25, 0.3) is 5.91 Å². The molecular formula is C25H34N4O3. The molecule has 2 amide bonds. The van der Waals surface area contributed by atoms with E-state index in [0.717, 1.165) is 56.2 Å². The highest BCUT2D eigenvalue weighted by Crippen LogP contribution is 2.32. The van der Waals surface area contributed by atoms with Crippen molar-refractivity contribution >= 4 is 22.8 Å². The third-order valence-corrected chi connectivity index (χ3v) is 7.49. The Bertz CT molecular complexity index is 988. The van der Waals surface area contributed by atoms with Crippen LogP contribution in [0, 0.1) is 0 Å². The molecule has 1 saturated heterocycles. The maximum absolute atomic E-state index is 13.8. The average Bonchev–Trinajstić information content (AvgIpc) is 3.41. The second-order valence-electron chi connectivity index (χ2n) is 9.85. The normalized spacial score (nSPS) is 27.2. The van der Waals surface area contributed by atoms with Crippen LogP contribution in [0.25, 0.3) is 11.0 Å². The number of carbonyl (C=O) groups excluding carboxylic acids is 2. The summed E-state index contributed by atoms with van der Waals surface area (Å²) in [7, 11) is 0. The summed E-state index contributed by atoms with van der Waals surface area (Å²) in [6.45, 7) is 3.46. The van der Waals surface area contributed by atoms with Crippen molar-refractivity contribution in [2.24, 2.45) is 0 Å². The fourth-order valence-corrected chi connectivity index (χ4v) is 5.55. The molecule has 5 rings (SSSR count). The first kappa shape index (κ1) is 21.4. The number of nitrogens with zero attached hydrogens (tertiary/aromatic N) is 3. The molecule has 0 radical (unpaired) electrons. The van der Waals surface area contributed by atoms with E-state index in [0.29, 0.717) is 18.9 Å². The highest BCUT2D eigenvalue weighted by molar-refractivity contribution is 6.01. The van der Waals surface area contributed by atoms with Crippen LogP contribution in [-0.2, 0) is 16.1 Å². The van der Waals surface area contributed by atoms with E-state index in [1.165, 1.54) is 19.3 Å². The molecule has 2 fully saturated rings. The highest BCUT2D eigenvalue weighted by Gasteiger charge is 2.49. The number of imidazole rings is 1. The van der Waals surface area contributed by atoms with Gasteiger partial charge in [0.1, 0.15) is 5.54 Å². The molecule has 32 heavy (non-hydrogen) atoms. The van der Waals surface area contributed by atoms with E-state index >= 15 is 0 Å². The number of aromatic nitrogens is 2. The molecule has 1 aromatic carbocycles. The molecular weight excluding hydrogens is 404 g/mol. The molecule has 1 aromatic heterocycles. The minimum Gasteiger partial charge on any atom is -0.376 e. The van der Waals surface area contributed by atoms with Crippen molar-refractivity contribution in [3.05, 3.63) is 30.1 Å². The lowest BCUT2D eigenvalue weighted by Crippen LogP contribution is -2.66. The predicted molar refractivity (Wildman–Crippen MR) is 122 cm³/mol. The van der Waals surface area contributed by atoms with E-state index in [-0.39, 0.29) is 24.0 Å². The number of carbonyl (C=O) groups is 2. The van der Waals surface area contributed by atoms with Crippen LogP contribution in [0.2, 0.25) is 0 Å². The van der Waals surface area contributed by atoms with Crippen LogP contribution in [0.4, 0.5) is 0 Å². The molecule has 172 valence electrons. The van der Waals surface area contributed by atoms with E-state index < -0.39 is 5.54 Å². The molecule has 1 N–H and O–H groups in total. The standard InChI is InChI=1S/C25H34N4O3/c1-25(24(31)26-18-10-5-3-2-4-6-11-18)17-28-21-14-8-7-13-20(21)27-22(28)23(30)29(25)16-19-12-9-15-32-19/h7-8,13-14,18-19H,2-6,9-12,15-17H2,1H3,(H,26,31)/t19-,25-/m0/s1. The average molecular weight is 439 g/mol. The van der Waals surface area contributed by atoms with Gasteiger partial charge in [-0.05, 0) is 44.7 Å². The summed E-state index contributed by atoms with van der Waals surface area (Å²) in [4.78, 5) is 33.9. The molecule has 2 aromatic rings. The zero-order chi connectivity index (χ0) is 22.1. The first-order valence-electron chi connectivity index (χ1n) is 12.3. The Kier molecular flexibility index (Phi) is 5.93. The molecule has 0 spiro atoms. The van der Waals surface area contributed by atoms with Crippen LogP contribution in [0.15, 0.2) is 24.3 Å². The molecule has 2 aliphatic heterocycles. The molecule has 1 aliphatic carbocycles. The third kappa shape index (κ3) is 3.91. The maximum Gasteiger partial charge on any atom is 0.290 e. The summed E-state index contributed by atoms with van der Waals surface area (Å²) < 4.78 is 7.78. The van der Waals surface area contributed by atoms with Crippen LogP contribution in [0.3, 0.4) is 0 Å². The summed E-state index contributed by atoms with van der Waals surface area (Å²) in [5.41, 5.74) is 0.706. The van der Waals surface area contributed by atoms with Gasteiger partial charge < -0.3 is 19.5 Å². The Morgan fingerprint density at radius 2 is 1.88 bits per heavy atom. The number of benzene rings is 1. The number of nitrogens with one attached hydrogen (secondary N) is 1. The van der Waals surface area contributed by atoms with E-state index in [4.69, 9.17) is 4.74 Å². The van der Waals surface area contributed by atoms with Crippen LogP contribution in [0.5, 0.6) is 0 Å². The summed E-state index contributed by atoms with van der Waals surface area (Å²) in [5.74, 6) is 0.177. The summed E-state index contributed by atoms with van der Waals surface area (Å²) in [6.07, 6.45) is 9.97. The fraction of sp³-hybridized carbons (Fsp3) is 0.640. The predicted octanol–water partition coefficient (Wildman–Crippen LogP) is 3.66. The van der Waals surface area contributed by atoms with Crippen LogP contribution < -0.4 is 5.32 Å². The van der Waals surface area contributed by atoms with Gasteiger partial charge in [-0.3, -0.25) is 9.59 Å². The van der Waals surface area contributed by atoms with Crippen molar-refractivity contribution in [1.29, 1.82) is 0 Å². The van der Waals surface area contributed by atoms with E-state index in [9.17, 15) is 9.59 Å². The molecule has 3 heterocycles. The largest absolute Gasteiger partial charge is 0.376 e. The lowest BCUT2D eigenvalue weighted by molar-refractivity contribution is -0.134. The number of ether oxygens (including phenoxy) is 1. The van der Waals surface area contributed by atoms with Gasteiger partial charge in [0.15, 0.2) is 5.82 Å². The van der Waals surface area contributed by atoms with Crippen LogP contribution in [-0.4, -0.2) is 57.1 Å². The first-order chi connectivity index (χ1) is 15.6. The number of fused-ring (bicyclic) bond motifs is 3. The monoisotopic (exact) mass is 438 g/mol. The second-order valence-corrected chi connectivity index (χ2v) is 9.85. The van der Waals surface area contributed by atoms with Gasteiger partial charge in [-0.1, -0.05) is 44.2 Å².